The van der Waals surface area contributed by atoms with Crippen LogP contribution in [-0.4, -0.2) is 148 Å². The summed E-state index contributed by atoms with van der Waals surface area (Å²) in [5.41, 5.74) is 40.3. The molecular weight excluding hydrogens is 736 g/mol. The Morgan fingerprint density at radius 2 is 1.02 bits per heavy atom. The molecule has 2 heterocycles. The molecule has 0 aromatic carbocycles. The minimum atomic E-state index is -1.03. The van der Waals surface area contributed by atoms with Crippen molar-refractivity contribution in [2.75, 3.05) is 39.3 Å². The van der Waals surface area contributed by atoms with Gasteiger partial charge in [-0.1, -0.05) is 6.42 Å². The van der Waals surface area contributed by atoms with Gasteiger partial charge in [0.05, 0.1) is 6.54 Å². The lowest BCUT2D eigenvalue weighted by atomic mass is 10.1. The number of nitrogens with two attached hydrogens (primary N) is 8. The maximum atomic E-state index is 10.2. The van der Waals surface area contributed by atoms with Gasteiger partial charge in [-0.05, 0) is 83.8 Å². The summed E-state index contributed by atoms with van der Waals surface area (Å²) in [5.74, 6) is -5.36. The summed E-state index contributed by atoms with van der Waals surface area (Å²) >= 11 is 0. The molecule has 25 heteroatoms. The van der Waals surface area contributed by atoms with Crippen molar-refractivity contribution in [2.45, 2.75) is 101 Å². The van der Waals surface area contributed by atoms with Gasteiger partial charge < -0.3 is 92.5 Å². The largest absolute Gasteiger partial charge is 0.480 e. The molecule has 25 nitrogen and oxygen atoms in total. The van der Waals surface area contributed by atoms with Crippen LogP contribution < -0.4 is 61.8 Å². The van der Waals surface area contributed by atoms with E-state index >= 15 is 0 Å². The third-order valence-electron chi connectivity index (χ3n) is 6.77. The van der Waals surface area contributed by atoms with Crippen LogP contribution in [0.1, 0.15) is 70.6 Å². The smallest absolute Gasteiger partial charge is 0.320 e. The molecule has 2 rings (SSSR count). The number of carboxylic acids is 6. The first-order valence-corrected chi connectivity index (χ1v) is 17.2. The number of unbranched alkanes of at least 4 members (excludes halogenated alkanes) is 1. The van der Waals surface area contributed by atoms with E-state index < -0.39 is 60.0 Å². The molecule has 2 saturated heterocycles. The van der Waals surface area contributed by atoms with Crippen LogP contribution in [0.2, 0.25) is 0 Å². The summed E-state index contributed by atoms with van der Waals surface area (Å²) in [7, 11) is 0. The Hall–Kier alpha value is -4.92. The molecule has 2 aliphatic heterocycles. The predicted molar refractivity (Wildman–Crippen MR) is 200 cm³/mol. The molecule has 0 aliphatic carbocycles. The van der Waals surface area contributed by atoms with Crippen molar-refractivity contribution >= 4 is 47.8 Å². The number of nitrogens with zero attached hydrogens (tertiary/aromatic N) is 1. The normalized spacial score (nSPS) is 16.5. The van der Waals surface area contributed by atoms with Gasteiger partial charge in [-0.25, -0.2) is 4.79 Å². The summed E-state index contributed by atoms with van der Waals surface area (Å²) < 4.78 is 0. The molecule has 25 N–H and O–H groups in total. The lowest BCUT2D eigenvalue weighted by molar-refractivity contribution is -0.140. The fourth-order valence-electron chi connectivity index (χ4n) is 3.72. The van der Waals surface area contributed by atoms with E-state index in [0.29, 0.717) is 51.7 Å². The van der Waals surface area contributed by atoms with E-state index in [0.717, 1.165) is 51.6 Å². The Labute approximate surface area is 319 Å². The first-order valence-electron chi connectivity index (χ1n) is 17.2. The highest BCUT2D eigenvalue weighted by molar-refractivity contribution is 5.76. The molecule has 322 valence electrons. The second kappa shape index (κ2) is 37.4. The number of hydrogen-bond acceptors (Lipinski definition) is 15. The topological polar surface area (TPSA) is 497 Å². The fourth-order valence-corrected chi connectivity index (χ4v) is 3.72. The quantitative estimate of drug-likeness (QED) is 0.0353. The molecule has 2 amide bonds. The zero-order chi connectivity index (χ0) is 43.4. The zero-order valence-electron chi connectivity index (χ0n) is 31.0. The third kappa shape index (κ3) is 43.4. The number of urea groups is 1. The Bertz CT molecular complexity index is 1090. The highest BCUT2D eigenvalue weighted by Crippen LogP contribution is 2.04. The van der Waals surface area contributed by atoms with Gasteiger partial charge >= 0.3 is 41.8 Å². The number of hydrogen-bond donors (Lipinski definition) is 17. The van der Waals surface area contributed by atoms with Crippen molar-refractivity contribution in [1.29, 1.82) is 0 Å². The van der Waals surface area contributed by atoms with Crippen LogP contribution in [0.3, 0.4) is 0 Å². The molecule has 0 saturated carbocycles. The van der Waals surface area contributed by atoms with Gasteiger partial charge in [0.25, 0.3) is 0 Å². The van der Waals surface area contributed by atoms with Crippen LogP contribution in [0, 0.1) is 0 Å². The van der Waals surface area contributed by atoms with Crippen molar-refractivity contribution in [3.8, 4) is 0 Å². The third-order valence-corrected chi connectivity index (χ3v) is 6.77. The highest BCUT2D eigenvalue weighted by Gasteiger charge is 2.21. The number of rotatable bonds is 18. The summed E-state index contributed by atoms with van der Waals surface area (Å²) in [4.78, 5) is 73.9. The number of carbonyl (C=O) groups is 7. The highest BCUT2D eigenvalue weighted by atomic mass is 16.4. The minimum Gasteiger partial charge on any atom is -0.480 e. The van der Waals surface area contributed by atoms with Gasteiger partial charge in [-0.3, -0.25) is 33.8 Å². The standard InChI is InChI=1S/C6H14N4O2.C6H13N3O3.C6H14N2O2.2C5H9NO2.C2H5NO2/c7-4(5(11)12)2-1-3-10-6(8)9;7-4(5(10)11)2-1-3-9-6(8)12;7-4-2-1-3-5(8)6(9)10;2*7-5(8)4-2-1-3-6-4;3-1-2(4)5/h4H,1-3,7H2,(H,11,12)(H4,8,9,10);4H,1-3,7H2,(H,10,11)(H3,8,9,12);5H,1-4,7-8H2,(H,9,10);2*4,6H,1-3H2,(H,7,8);1,3H2,(H,4,5)/t2*4-;5-;2*4-;/m00000./s1. The van der Waals surface area contributed by atoms with Crippen molar-refractivity contribution in [3.63, 3.8) is 0 Å². The van der Waals surface area contributed by atoms with Crippen LogP contribution in [0.5, 0.6) is 0 Å². The van der Waals surface area contributed by atoms with Crippen LogP contribution in [0.25, 0.3) is 0 Å². The van der Waals surface area contributed by atoms with Gasteiger partial charge in [-0.2, -0.15) is 0 Å². The van der Waals surface area contributed by atoms with Crippen LogP contribution in [0.15, 0.2) is 4.99 Å². The number of nitrogens with one attached hydrogen (secondary N) is 3. The van der Waals surface area contributed by atoms with E-state index in [1.165, 1.54) is 0 Å². The average Bonchev–Trinajstić information content (AvgIpc) is 3.86. The van der Waals surface area contributed by atoms with Gasteiger partial charge in [0.15, 0.2) is 5.96 Å². The second-order valence-electron chi connectivity index (χ2n) is 11.6. The van der Waals surface area contributed by atoms with Crippen LogP contribution >= 0.6 is 0 Å². The van der Waals surface area contributed by atoms with Gasteiger partial charge in [0, 0.05) is 13.1 Å². The lowest BCUT2D eigenvalue weighted by Crippen LogP contribution is -2.33. The van der Waals surface area contributed by atoms with Crippen molar-refractivity contribution in [2.24, 2.45) is 50.9 Å². The van der Waals surface area contributed by atoms with Crippen molar-refractivity contribution in [3.05, 3.63) is 0 Å². The van der Waals surface area contributed by atoms with Crippen molar-refractivity contribution < 1.29 is 64.2 Å². The van der Waals surface area contributed by atoms with E-state index in [1.807, 2.05) is 0 Å². The van der Waals surface area contributed by atoms with E-state index in [4.69, 9.17) is 70.8 Å². The molecule has 0 spiro atoms. The molecule has 0 aromatic rings. The van der Waals surface area contributed by atoms with E-state index in [9.17, 15) is 33.6 Å². The molecule has 2 fully saturated rings. The molecule has 0 radical (unpaired) electrons. The number of primary amides is 1. The molecular formula is C30H64N12O13. The molecule has 55 heavy (non-hydrogen) atoms. The SMILES string of the molecule is NC(=O)NCCC[C@H](N)C(=O)O.NC(N)=NCCC[C@H](N)C(=O)O.NCC(=O)O.NCCCC[C@H](N)C(=O)O.O=C(O)[C@@H]1CCCN1.O=C(O)[C@@H]1CCCN1. The number of amides is 2. The second-order valence-corrected chi connectivity index (χ2v) is 11.6. The Balaban J connectivity index is -0.000000289. The van der Waals surface area contributed by atoms with E-state index in [2.05, 4.69) is 26.7 Å². The summed E-state index contributed by atoms with van der Waals surface area (Å²) in [5, 5.41) is 57.4. The first-order chi connectivity index (χ1) is 25.6. The molecule has 0 unspecified atom stereocenters. The Morgan fingerprint density at radius 3 is 1.27 bits per heavy atom. The Kier molecular flexibility index (Phi) is 38.6. The molecule has 0 bridgehead atoms. The van der Waals surface area contributed by atoms with Gasteiger partial charge in [0.1, 0.15) is 30.2 Å². The summed E-state index contributed by atoms with van der Waals surface area (Å²) in [6.07, 6.45) is 7.53. The average molecular weight is 801 g/mol. The van der Waals surface area contributed by atoms with Crippen LogP contribution in [0.4, 0.5) is 4.79 Å². The number of guanidine groups is 1. The van der Waals surface area contributed by atoms with E-state index in [1.54, 1.807) is 0 Å². The van der Waals surface area contributed by atoms with Gasteiger partial charge in [-0.15, -0.1) is 0 Å². The van der Waals surface area contributed by atoms with E-state index in [-0.39, 0.29) is 24.6 Å². The number of aliphatic imine (C=N–C) groups is 1. The number of aliphatic carboxylic acids is 6. The predicted octanol–water partition coefficient (Wildman–Crippen LogP) is -4.50. The van der Waals surface area contributed by atoms with Crippen LogP contribution in [-0.2, 0) is 28.8 Å². The fraction of sp³-hybridized carbons (Fsp3) is 0.733. The summed E-state index contributed by atoms with van der Waals surface area (Å²) in [6.45, 7) is 2.82. The lowest BCUT2D eigenvalue weighted by Gasteiger charge is -2.05. The maximum Gasteiger partial charge on any atom is 0.320 e. The molecule has 5 atom stereocenters. The minimum absolute atomic E-state index is 0.0129. The van der Waals surface area contributed by atoms with Crippen molar-refractivity contribution in [1.82, 2.24) is 16.0 Å². The molecule has 0 aromatic heterocycles. The first kappa shape index (κ1) is 56.8. The zero-order valence-corrected chi connectivity index (χ0v) is 31.0. The number of carboxylic acid groups (broad SMARTS) is 6. The monoisotopic (exact) mass is 800 g/mol. The maximum absolute atomic E-state index is 10.2. The Morgan fingerprint density at radius 1 is 0.636 bits per heavy atom. The summed E-state index contributed by atoms with van der Waals surface area (Å²) in [6, 6.07) is -3.55. The van der Waals surface area contributed by atoms with Gasteiger partial charge in [0.2, 0.25) is 0 Å². The molecule has 2 aliphatic rings. The number of carbonyl (C=O) groups excluding carboxylic acids is 1.